The molecule has 0 amide bonds. The van der Waals surface area contributed by atoms with Crippen molar-refractivity contribution in [1.29, 1.82) is 0 Å². The van der Waals surface area contributed by atoms with Crippen LogP contribution in [-0.4, -0.2) is 74.9 Å². The summed E-state index contributed by atoms with van der Waals surface area (Å²) in [4.78, 5) is 0. The van der Waals surface area contributed by atoms with Crippen LogP contribution in [0.15, 0.2) is 50.6 Å². The van der Waals surface area contributed by atoms with E-state index in [4.69, 9.17) is 0 Å². The minimum absolute atomic E-state index is 0. The van der Waals surface area contributed by atoms with E-state index in [0.29, 0.717) is 0 Å². The van der Waals surface area contributed by atoms with Crippen molar-refractivity contribution in [3.05, 3.63) is 58.0 Å². The zero-order valence-electron chi connectivity index (χ0n) is 15.0. The summed E-state index contributed by atoms with van der Waals surface area (Å²) in [7, 11) is -16.2. The van der Waals surface area contributed by atoms with E-state index in [9.17, 15) is 51.9 Å². The van der Waals surface area contributed by atoms with E-state index in [1.54, 1.807) is 0 Å². The van der Waals surface area contributed by atoms with Crippen molar-refractivity contribution < 1.29 is 51.9 Å². The third-order valence-corrected chi connectivity index (χ3v) is 3.86. The molecule has 0 N–H and O–H groups in total. The van der Waals surface area contributed by atoms with Gasteiger partial charge in [0, 0.05) is 0 Å². The van der Waals surface area contributed by atoms with Gasteiger partial charge in [-0.15, -0.1) is 26.3 Å². The Morgan fingerprint density at radius 2 is 0.552 bits per heavy atom. The molecule has 0 aliphatic carbocycles. The molecule has 0 aliphatic rings. The van der Waals surface area contributed by atoms with Gasteiger partial charge < -0.3 is 18.2 Å². The van der Waals surface area contributed by atoms with Crippen LogP contribution in [0, 0.1) is 7.43 Å². The van der Waals surface area contributed by atoms with Crippen LogP contribution in [0.3, 0.4) is 0 Å². The van der Waals surface area contributed by atoms with Crippen LogP contribution in [0.1, 0.15) is 0 Å². The van der Waals surface area contributed by atoms with Gasteiger partial charge >= 0.3 is 7.43 Å². The molecule has 0 bridgehead atoms. The monoisotopic (exact) mass is 496 g/mol. The quantitative estimate of drug-likeness (QED) is 0.289. The van der Waals surface area contributed by atoms with Gasteiger partial charge in [-0.05, 0) is 0 Å². The third-order valence-electron chi connectivity index (χ3n) is 1.29. The molecule has 0 heterocycles. The molecule has 0 spiro atoms. The predicted octanol–water partition coefficient (Wildman–Crippen LogP) is -1.05. The molecule has 0 atom stereocenters. The Bertz CT molecular complexity index is 727. The van der Waals surface area contributed by atoms with Gasteiger partial charge in [-0.25, -0.2) is 33.7 Å². The van der Waals surface area contributed by atoms with Gasteiger partial charge in [0.1, 0.15) is 0 Å². The summed E-state index contributed by atoms with van der Waals surface area (Å²) in [6.07, 6.45) is 4.23. The summed E-state index contributed by atoms with van der Waals surface area (Å²) >= 11 is 0. The van der Waals surface area contributed by atoms with Crippen molar-refractivity contribution in [2.24, 2.45) is 0 Å². The van der Waals surface area contributed by atoms with Gasteiger partial charge in [0.15, 0.2) is 0 Å². The molecule has 0 unspecified atom stereocenters. The number of hydrogen-bond acceptors (Lipinski definition) is 12. The average Bonchev–Trinajstić information content (AvgIpc) is 2.34. The van der Waals surface area contributed by atoms with Crippen molar-refractivity contribution >= 4 is 40.5 Å². The van der Waals surface area contributed by atoms with Crippen molar-refractivity contribution in [1.82, 2.24) is 0 Å². The van der Waals surface area contributed by atoms with Gasteiger partial charge in [-0.2, -0.15) is 0 Å². The summed E-state index contributed by atoms with van der Waals surface area (Å²) < 4.78 is 115. The molecule has 0 aliphatic heterocycles. The normalized spacial score (nSPS) is 10.6. The van der Waals surface area contributed by atoms with Gasteiger partial charge in [0.05, 0.1) is 63.5 Å². The van der Waals surface area contributed by atoms with Crippen LogP contribution in [0.25, 0.3) is 0 Å². The maximum atomic E-state index is 9.60. The Labute approximate surface area is 173 Å². The van der Waals surface area contributed by atoms with Crippen molar-refractivity contribution in [2.45, 2.75) is 0 Å². The molecule has 0 radical (unpaired) electrons. The third kappa shape index (κ3) is 75.5. The molecule has 0 saturated carbocycles. The van der Waals surface area contributed by atoms with Crippen molar-refractivity contribution in [3.8, 4) is 0 Å². The fourth-order valence-corrected chi connectivity index (χ4v) is 1.73. The second-order valence-corrected chi connectivity index (χ2v) is 9.85. The molecule has 29 heavy (non-hydrogen) atoms. The maximum absolute atomic E-state index is 9.60. The van der Waals surface area contributed by atoms with Crippen LogP contribution in [0.2, 0.25) is 0 Å². The molecule has 12 nitrogen and oxygen atoms in total. The second-order valence-electron chi connectivity index (χ2n) is 4.05. The molecule has 0 saturated heterocycles. The molecule has 0 aromatic carbocycles. The maximum Gasteiger partial charge on any atom is 4.00 e. The van der Waals surface area contributed by atoms with E-state index in [1.807, 2.05) is 0 Å². The van der Waals surface area contributed by atoms with Crippen LogP contribution in [0.4, 0.5) is 0 Å². The molecule has 0 aromatic heterocycles. The first kappa shape index (κ1) is 38.2. The van der Waals surface area contributed by atoms with Crippen molar-refractivity contribution in [3.63, 3.8) is 0 Å². The molecule has 168 valence electrons. The summed E-state index contributed by atoms with van der Waals surface area (Å²) in [5, 5.41) is 0. The SMILES string of the molecule is C=CCS(=O)(=O)[O-].C=CCS(=O)(=O)[O-].C=CCS(=O)(=O)[O-].C=CCS(=O)(=O)[O-].[C+4]. The van der Waals surface area contributed by atoms with E-state index in [2.05, 4.69) is 26.3 Å². The fraction of sp³-hybridized carbons (Fsp3) is 0.308. The van der Waals surface area contributed by atoms with Gasteiger partial charge in [-0.3, -0.25) is 0 Å². The molecule has 16 heteroatoms. The number of hydrogen-bond donors (Lipinski definition) is 0. The predicted molar refractivity (Wildman–Crippen MR) is 102 cm³/mol. The topological polar surface area (TPSA) is 229 Å². The van der Waals surface area contributed by atoms with Gasteiger partial charge in [0.25, 0.3) is 0 Å². The summed E-state index contributed by atoms with van der Waals surface area (Å²) in [5.74, 6) is -1.92. The Kier molecular flexibility index (Phi) is 24.5. The Morgan fingerprint density at radius 1 is 0.448 bits per heavy atom. The van der Waals surface area contributed by atoms with E-state index in [1.165, 1.54) is 0 Å². The first-order chi connectivity index (χ1) is 12.2. The zero-order chi connectivity index (χ0) is 23.7. The minimum atomic E-state index is -4.04. The summed E-state index contributed by atoms with van der Waals surface area (Å²) in [6.45, 7) is 12.3. The molecule has 0 rings (SSSR count). The van der Waals surface area contributed by atoms with Crippen LogP contribution >= 0.6 is 0 Å². The second kappa shape index (κ2) is 18.6. The average molecular weight is 497 g/mol. The Hall–Kier alpha value is -1.40. The summed E-state index contributed by atoms with van der Waals surface area (Å²) in [5.41, 5.74) is 0. The first-order valence-corrected chi connectivity index (χ1v) is 12.7. The van der Waals surface area contributed by atoms with Gasteiger partial charge in [-0.1, -0.05) is 24.3 Å². The van der Waals surface area contributed by atoms with E-state index >= 15 is 0 Å². The fourth-order valence-electron chi connectivity index (χ4n) is 0.577. The summed E-state index contributed by atoms with van der Waals surface area (Å²) in [6, 6.07) is 0. The van der Waals surface area contributed by atoms with Crippen LogP contribution in [0.5, 0.6) is 0 Å². The van der Waals surface area contributed by atoms with E-state index < -0.39 is 63.5 Å². The zero-order valence-corrected chi connectivity index (χ0v) is 18.3. The van der Waals surface area contributed by atoms with E-state index in [0.717, 1.165) is 24.3 Å². The Morgan fingerprint density at radius 3 is 0.552 bits per heavy atom. The standard InChI is InChI=1S/4C3H6O3S.C/c4*1-2-3-7(4,5)6;/h4*2H,1,3H2,(H,4,5,6);/q;;;;+4/p-4. The largest absolute Gasteiger partial charge is 4.00 e. The number of rotatable bonds is 8. The molecule has 0 fully saturated rings. The van der Waals surface area contributed by atoms with Crippen LogP contribution in [-0.2, 0) is 40.5 Å². The Balaban J connectivity index is -0.0000000873. The van der Waals surface area contributed by atoms with E-state index in [-0.39, 0.29) is 7.43 Å². The smallest absolute Gasteiger partial charge is 0.748 e. The molecular weight excluding hydrogens is 476 g/mol. The molecule has 0 aromatic rings. The molecular formula is C13H20O12S4. The van der Waals surface area contributed by atoms with Crippen molar-refractivity contribution in [2.75, 3.05) is 23.0 Å². The first-order valence-electron chi connectivity index (χ1n) is 6.42. The van der Waals surface area contributed by atoms with Gasteiger partial charge in [0.2, 0.25) is 0 Å². The van der Waals surface area contributed by atoms with Crippen LogP contribution < -0.4 is 0 Å². The minimum Gasteiger partial charge on any atom is -0.748 e.